The fourth-order valence-corrected chi connectivity index (χ4v) is 2.15. The first kappa shape index (κ1) is 15.1. The molecule has 0 bridgehead atoms. The second-order valence-corrected chi connectivity index (χ2v) is 5.27. The van der Waals surface area contributed by atoms with Crippen molar-refractivity contribution >= 4 is 5.97 Å². The molecule has 0 aliphatic carbocycles. The third-order valence-electron chi connectivity index (χ3n) is 3.32. The number of imidazole rings is 1. The molecule has 0 aliphatic rings. The van der Waals surface area contributed by atoms with Crippen LogP contribution in [0.4, 0.5) is 0 Å². The fourth-order valence-electron chi connectivity index (χ4n) is 2.15. The number of carboxylic acid groups (broad SMARTS) is 1. The van der Waals surface area contributed by atoms with E-state index in [1.807, 2.05) is 19.9 Å². The lowest BCUT2D eigenvalue weighted by Crippen LogP contribution is -2.32. The third kappa shape index (κ3) is 3.22. The quantitative estimate of drug-likeness (QED) is 0.864. The molecule has 21 heavy (non-hydrogen) atoms. The van der Waals surface area contributed by atoms with Gasteiger partial charge in [0.25, 0.3) is 0 Å². The Morgan fingerprint density at radius 2 is 2.05 bits per heavy atom. The highest BCUT2D eigenvalue weighted by Gasteiger charge is 2.13. The number of benzene rings is 1. The van der Waals surface area contributed by atoms with E-state index in [9.17, 15) is 9.59 Å². The zero-order valence-corrected chi connectivity index (χ0v) is 12.1. The van der Waals surface area contributed by atoms with E-state index < -0.39 is 12.0 Å². The van der Waals surface area contributed by atoms with E-state index in [1.54, 1.807) is 35.2 Å². The van der Waals surface area contributed by atoms with Crippen LogP contribution in [0, 0.1) is 0 Å². The van der Waals surface area contributed by atoms with Gasteiger partial charge in [-0.1, -0.05) is 12.1 Å². The van der Waals surface area contributed by atoms with Crippen LogP contribution in [0.5, 0.6) is 0 Å². The maximum atomic E-state index is 12.3. The van der Waals surface area contributed by atoms with Crippen molar-refractivity contribution in [3.05, 3.63) is 52.7 Å². The van der Waals surface area contributed by atoms with Gasteiger partial charge in [0.05, 0.1) is 5.69 Å². The third-order valence-corrected chi connectivity index (χ3v) is 3.32. The van der Waals surface area contributed by atoms with E-state index >= 15 is 0 Å². The first-order valence-corrected chi connectivity index (χ1v) is 6.77. The maximum absolute atomic E-state index is 12.3. The Balaban J connectivity index is 2.34. The number of carboxylic acids is 1. The molecule has 0 spiro atoms. The number of carbonyl (C=O) groups is 1. The molecular weight excluding hydrogens is 270 g/mol. The Morgan fingerprint density at radius 3 is 2.62 bits per heavy atom. The van der Waals surface area contributed by atoms with Crippen LogP contribution < -0.4 is 11.4 Å². The minimum atomic E-state index is -1.04. The van der Waals surface area contributed by atoms with Gasteiger partial charge in [-0.25, -0.2) is 4.79 Å². The lowest BCUT2D eigenvalue weighted by molar-refractivity contribution is -0.138. The van der Waals surface area contributed by atoms with Crippen LogP contribution in [0.15, 0.2) is 41.5 Å². The van der Waals surface area contributed by atoms with Crippen LogP contribution in [0.3, 0.4) is 0 Å². The zero-order valence-electron chi connectivity index (χ0n) is 12.1. The molecule has 6 heteroatoms. The van der Waals surface area contributed by atoms with Crippen molar-refractivity contribution in [1.29, 1.82) is 0 Å². The SMILES string of the molecule is CC(C)n1ccn(-c2cccc(CC(N)C(=O)O)c2)c1=O. The highest BCUT2D eigenvalue weighted by atomic mass is 16.4. The second-order valence-electron chi connectivity index (χ2n) is 5.27. The summed E-state index contributed by atoms with van der Waals surface area (Å²) in [6.45, 7) is 3.88. The molecular formula is C15H19N3O3. The van der Waals surface area contributed by atoms with Crippen LogP contribution in [0.1, 0.15) is 25.5 Å². The number of nitrogens with two attached hydrogens (primary N) is 1. The lowest BCUT2D eigenvalue weighted by atomic mass is 10.1. The van der Waals surface area contributed by atoms with E-state index in [0.29, 0.717) is 5.69 Å². The Morgan fingerprint density at radius 1 is 1.33 bits per heavy atom. The van der Waals surface area contributed by atoms with Gasteiger partial charge in [-0.2, -0.15) is 0 Å². The Labute approximate surface area is 122 Å². The molecule has 3 N–H and O–H groups in total. The van der Waals surface area contributed by atoms with Gasteiger partial charge < -0.3 is 10.8 Å². The molecule has 0 saturated heterocycles. The van der Waals surface area contributed by atoms with Gasteiger partial charge >= 0.3 is 11.7 Å². The summed E-state index contributed by atoms with van der Waals surface area (Å²) in [7, 11) is 0. The number of aromatic nitrogens is 2. The topological polar surface area (TPSA) is 90.2 Å². The Kier molecular flexibility index (Phi) is 4.28. The maximum Gasteiger partial charge on any atom is 0.332 e. The van der Waals surface area contributed by atoms with Crippen LogP contribution in [-0.2, 0) is 11.2 Å². The highest BCUT2D eigenvalue weighted by molar-refractivity contribution is 5.73. The van der Waals surface area contributed by atoms with Crippen LogP contribution in [-0.4, -0.2) is 26.3 Å². The summed E-state index contributed by atoms with van der Waals surface area (Å²) in [4.78, 5) is 23.1. The molecule has 0 aliphatic heterocycles. The minimum absolute atomic E-state index is 0.0855. The van der Waals surface area contributed by atoms with Crippen molar-refractivity contribution in [1.82, 2.24) is 9.13 Å². The van der Waals surface area contributed by atoms with Gasteiger partial charge in [0.15, 0.2) is 0 Å². The largest absolute Gasteiger partial charge is 0.480 e. The molecule has 0 fully saturated rings. The molecule has 1 heterocycles. The summed E-state index contributed by atoms with van der Waals surface area (Å²) in [5.41, 5.74) is 6.91. The normalized spacial score (nSPS) is 12.6. The zero-order chi connectivity index (χ0) is 15.6. The van der Waals surface area contributed by atoms with Crippen LogP contribution in [0.25, 0.3) is 5.69 Å². The standard InChI is InChI=1S/C15H19N3O3/c1-10(2)17-6-7-18(15(17)21)12-5-3-4-11(8-12)9-13(16)14(19)20/h3-8,10,13H,9,16H2,1-2H3,(H,19,20). The van der Waals surface area contributed by atoms with E-state index in [0.717, 1.165) is 5.56 Å². The minimum Gasteiger partial charge on any atom is -0.480 e. The summed E-state index contributed by atoms with van der Waals surface area (Å²) in [6.07, 6.45) is 3.67. The Hall–Kier alpha value is -2.34. The van der Waals surface area contributed by atoms with Gasteiger partial charge in [0.2, 0.25) is 0 Å². The average molecular weight is 289 g/mol. The number of aliphatic carboxylic acids is 1. The van der Waals surface area contributed by atoms with Crippen LogP contribution >= 0.6 is 0 Å². The van der Waals surface area contributed by atoms with E-state index in [-0.39, 0.29) is 18.2 Å². The smallest absolute Gasteiger partial charge is 0.332 e. The van der Waals surface area contributed by atoms with E-state index in [1.165, 1.54) is 4.57 Å². The van der Waals surface area contributed by atoms with E-state index in [4.69, 9.17) is 10.8 Å². The monoisotopic (exact) mass is 289 g/mol. The predicted molar refractivity (Wildman–Crippen MR) is 79.7 cm³/mol. The summed E-state index contributed by atoms with van der Waals surface area (Å²) in [5, 5.41) is 8.85. The highest BCUT2D eigenvalue weighted by Crippen LogP contribution is 2.11. The summed E-state index contributed by atoms with van der Waals surface area (Å²) < 4.78 is 3.17. The van der Waals surface area contributed by atoms with Crippen molar-refractivity contribution < 1.29 is 9.90 Å². The number of nitrogens with zero attached hydrogens (tertiary/aromatic N) is 2. The molecule has 1 atom stereocenters. The number of rotatable bonds is 5. The molecule has 6 nitrogen and oxygen atoms in total. The molecule has 0 amide bonds. The average Bonchev–Trinajstić information content (AvgIpc) is 2.81. The molecule has 0 radical (unpaired) electrons. The first-order chi connectivity index (χ1) is 9.90. The lowest BCUT2D eigenvalue weighted by Gasteiger charge is -2.09. The first-order valence-electron chi connectivity index (χ1n) is 6.77. The van der Waals surface area contributed by atoms with Crippen molar-refractivity contribution in [2.75, 3.05) is 0 Å². The molecule has 0 saturated carbocycles. The molecule has 112 valence electrons. The fraction of sp³-hybridized carbons (Fsp3) is 0.333. The van der Waals surface area contributed by atoms with Crippen molar-refractivity contribution in [3.63, 3.8) is 0 Å². The predicted octanol–water partition coefficient (Wildman–Crippen LogP) is 1.17. The molecule has 2 rings (SSSR count). The molecule has 2 aromatic rings. The van der Waals surface area contributed by atoms with Gasteiger partial charge in [0, 0.05) is 18.4 Å². The van der Waals surface area contributed by atoms with Crippen molar-refractivity contribution in [3.8, 4) is 5.69 Å². The van der Waals surface area contributed by atoms with Crippen LogP contribution in [0.2, 0.25) is 0 Å². The number of hydrogen-bond donors (Lipinski definition) is 2. The van der Waals surface area contributed by atoms with Crippen molar-refractivity contribution in [2.45, 2.75) is 32.4 Å². The van der Waals surface area contributed by atoms with Gasteiger partial charge in [-0.3, -0.25) is 13.9 Å². The summed E-state index contributed by atoms with van der Waals surface area (Å²) in [6, 6.07) is 6.32. The Bertz CT molecular complexity index is 700. The summed E-state index contributed by atoms with van der Waals surface area (Å²) in [5.74, 6) is -1.04. The summed E-state index contributed by atoms with van der Waals surface area (Å²) >= 11 is 0. The molecule has 1 aromatic heterocycles. The van der Waals surface area contributed by atoms with Gasteiger partial charge in [-0.15, -0.1) is 0 Å². The van der Waals surface area contributed by atoms with Gasteiger partial charge in [0.1, 0.15) is 6.04 Å². The molecule has 1 aromatic carbocycles. The number of hydrogen-bond acceptors (Lipinski definition) is 3. The van der Waals surface area contributed by atoms with Crippen molar-refractivity contribution in [2.24, 2.45) is 5.73 Å². The van der Waals surface area contributed by atoms with Gasteiger partial charge in [-0.05, 0) is 38.0 Å². The second kappa shape index (κ2) is 5.97. The molecule has 1 unspecified atom stereocenters. The van der Waals surface area contributed by atoms with E-state index in [2.05, 4.69) is 0 Å².